The number of ether oxygens (including phenoxy) is 1. The van der Waals surface area contributed by atoms with Crippen molar-refractivity contribution in [3.8, 4) is 18.1 Å². The van der Waals surface area contributed by atoms with Crippen LogP contribution in [-0.4, -0.2) is 48.0 Å². The quantitative estimate of drug-likeness (QED) is 0.555. The molecule has 1 amide bonds. The van der Waals surface area contributed by atoms with E-state index in [-0.39, 0.29) is 18.5 Å². The van der Waals surface area contributed by atoms with Crippen LogP contribution in [0.25, 0.3) is 0 Å². The fourth-order valence-corrected chi connectivity index (χ4v) is 2.37. The van der Waals surface area contributed by atoms with Gasteiger partial charge in [-0.2, -0.15) is 5.26 Å². The first kappa shape index (κ1) is 16.5. The molecule has 120 valence electrons. The maximum atomic E-state index is 12.0. The van der Waals surface area contributed by atoms with Gasteiger partial charge in [-0.3, -0.25) is 4.79 Å². The molecule has 1 atom stereocenters. The molecule has 0 spiro atoms. The van der Waals surface area contributed by atoms with Gasteiger partial charge in [0.15, 0.2) is 5.75 Å². The second kappa shape index (κ2) is 8.57. The highest BCUT2D eigenvalue weighted by atomic mass is 16.5. The van der Waals surface area contributed by atoms with Crippen molar-refractivity contribution < 1.29 is 9.53 Å². The van der Waals surface area contributed by atoms with Gasteiger partial charge in [0.05, 0.1) is 18.8 Å². The van der Waals surface area contributed by atoms with Crippen LogP contribution in [0.5, 0.6) is 5.75 Å². The van der Waals surface area contributed by atoms with E-state index in [1.54, 1.807) is 23.3 Å². The van der Waals surface area contributed by atoms with Gasteiger partial charge in [-0.25, -0.2) is 4.98 Å². The normalized spacial score (nSPS) is 16.4. The molecule has 0 unspecified atom stereocenters. The Morgan fingerprint density at radius 3 is 3.00 bits per heavy atom. The lowest BCUT2D eigenvalue weighted by Gasteiger charge is -2.19. The van der Waals surface area contributed by atoms with Gasteiger partial charge in [-0.15, -0.1) is 5.26 Å². The Morgan fingerprint density at radius 2 is 2.30 bits per heavy atom. The van der Waals surface area contributed by atoms with E-state index >= 15 is 0 Å². The molecule has 1 aliphatic heterocycles. The van der Waals surface area contributed by atoms with Crippen molar-refractivity contribution in [3.05, 3.63) is 18.3 Å². The molecule has 1 fully saturated rings. The SMILES string of the molecule is N#COc1ccc(NCCNCC(=O)N2CCC[C@H]2C#N)nc1. The van der Waals surface area contributed by atoms with E-state index in [1.807, 2.05) is 0 Å². The van der Waals surface area contributed by atoms with Crippen LogP contribution in [0.2, 0.25) is 0 Å². The Labute approximate surface area is 134 Å². The molecular formula is C15H18N6O2. The third-order valence-corrected chi connectivity index (χ3v) is 3.51. The van der Waals surface area contributed by atoms with Crippen LogP contribution in [0.1, 0.15) is 12.8 Å². The van der Waals surface area contributed by atoms with Crippen LogP contribution in [0.4, 0.5) is 5.82 Å². The lowest BCUT2D eigenvalue weighted by atomic mass is 10.2. The van der Waals surface area contributed by atoms with Crippen LogP contribution >= 0.6 is 0 Å². The van der Waals surface area contributed by atoms with E-state index in [0.29, 0.717) is 31.2 Å². The molecule has 2 N–H and O–H groups in total. The van der Waals surface area contributed by atoms with E-state index in [4.69, 9.17) is 10.5 Å². The third kappa shape index (κ3) is 4.83. The minimum absolute atomic E-state index is 0.0369. The predicted molar refractivity (Wildman–Crippen MR) is 82.2 cm³/mol. The molecule has 0 saturated carbocycles. The summed E-state index contributed by atoms with van der Waals surface area (Å²) in [5.74, 6) is 1.01. The van der Waals surface area contributed by atoms with E-state index in [1.165, 1.54) is 6.20 Å². The molecule has 23 heavy (non-hydrogen) atoms. The molecule has 0 aromatic carbocycles. The number of likely N-dealkylation sites (tertiary alicyclic amines) is 1. The number of carbonyl (C=O) groups excluding carboxylic acids is 1. The van der Waals surface area contributed by atoms with Crippen molar-refractivity contribution >= 4 is 11.7 Å². The number of hydrogen-bond acceptors (Lipinski definition) is 7. The number of nitrogens with zero attached hydrogens (tertiary/aromatic N) is 4. The van der Waals surface area contributed by atoms with Crippen molar-refractivity contribution in [2.45, 2.75) is 18.9 Å². The fourth-order valence-electron chi connectivity index (χ4n) is 2.37. The number of pyridine rings is 1. The second-order valence-electron chi connectivity index (χ2n) is 5.05. The Kier molecular flexibility index (Phi) is 6.16. The van der Waals surface area contributed by atoms with Gasteiger partial charge in [0.25, 0.3) is 6.26 Å². The first-order chi connectivity index (χ1) is 11.2. The Bertz CT molecular complexity index is 604. The van der Waals surface area contributed by atoms with Gasteiger partial charge < -0.3 is 20.3 Å². The Hall–Kier alpha value is -2.84. The fraction of sp³-hybridized carbons (Fsp3) is 0.467. The van der Waals surface area contributed by atoms with Crippen LogP contribution in [0, 0.1) is 22.8 Å². The molecule has 1 aromatic rings. The maximum Gasteiger partial charge on any atom is 0.292 e. The molecule has 2 rings (SSSR count). The number of carbonyl (C=O) groups is 1. The van der Waals surface area contributed by atoms with E-state index in [0.717, 1.165) is 12.8 Å². The van der Waals surface area contributed by atoms with Gasteiger partial charge in [-0.05, 0) is 25.0 Å². The summed E-state index contributed by atoms with van der Waals surface area (Å²) in [6.45, 7) is 2.08. The molecule has 1 aromatic heterocycles. The summed E-state index contributed by atoms with van der Waals surface area (Å²) >= 11 is 0. The Morgan fingerprint density at radius 1 is 1.43 bits per heavy atom. The standard InChI is InChI=1S/C15H18N6O2/c16-8-12-2-1-7-21(12)15(22)10-18-5-6-19-14-4-3-13(9-20-14)23-11-17/h3-4,9,12,18H,1-2,5-7,10H2,(H,19,20)/t12-/m0/s1. The topological polar surface area (TPSA) is 114 Å². The molecule has 1 saturated heterocycles. The molecule has 0 radical (unpaired) electrons. The summed E-state index contributed by atoms with van der Waals surface area (Å²) < 4.78 is 4.63. The number of nitriles is 2. The first-order valence-electron chi connectivity index (χ1n) is 7.40. The zero-order chi connectivity index (χ0) is 16.5. The summed E-state index contributed by atoms with van der Waals surface area (Å²) in [5, 5.41) is 23.5. The minimum atomic E-state index is -0.277. The lowest BCUT2D eigenvalue weighted by molar-refractivity contribution is -0.130. The van der Waals surface area contributed by atoms with Gasteiger partial charge in [0.1, 0.15) is 11.9 Å². The van der Waals surface area contributed by atoms with E-state index < -0.39 is 0 Å². The van der Waals surface area contributed by atoms with Crippen molar-refractivity contribution in [1.82, 2.24) is 15.2 Å². The number of rotatable bonds is 7. The van der Waals surface area contributed by atoms with Gasteiger partial charge >= 0.3 is 0 Å². The monoisotopic (exact) mass is 314 g/mol. The third-order valence-electron chi connectivity index (χ3n) is 3.51. The number of nitrogens with one attached hydrogen (secondary N) is 2. The molecular weight excluding hydrogens is 296 g/mol. The summed E-state index contributed by atoms with van der Waals surface area (Å²) in [7, 11) is 0. The zero-order valence-corrected chi connectivity index (χ0v) is 12.7. The molecule has 2 heterocycles. The van der Waals surface area contributed by atoms with Gasteiger partial charge in [0, 0.05) is 19.6 Å². The number of amides is 1. The first-order valence-corrected chi connectivity index (χ1v) is 7.40. The molecule has 8 heteroatoms. The van der Waals surface area contributed by atoms with E-state index in [9.17, 15) is 4.79 Å². The van der Waals surface area contributed by atoms with E-state index in [2.05, 4.69) is 26.4 Å². The molecule has 8 nitrogen and oxygen atoms in total. The highest BCUT2D eigenvalue weighted by molar-refractivity contribution is 5.79. The van der Waals surface area contributed by atoms with Crippen molar-refractivity contribution in [2.24, 2.45) is 0 Å². The maximum absolute atomic E-state index is 12.0. The number of hydrogen-bond donors (Lipinski definition) is 2. The van der Waals surface area contributed by atoms with Crippen LogP contribution < -0.4 is 15.4 Å². The van der Waals surface area contributed by atoms with Crippen molar-refractivity contribution in [3.63, 3.8) is 0 Å². The van der Waals surface area contributed by atoms with Crippen molar-refractivity contribution in [1.29, 1.82) is 10.5 Å². The zero-order valence-electron chi connectivity index (χ0n) is 12.7. The van der Waals surface area contributed by atoms with Crippen LogP contribution in [-0.2, 0) is 4.79 Å². The largest absolute Gasteiger partial charge is 0.386 e. The average Bonchev–Trinajstić information content (AvgIpc) is 3.05. The van der Waals surface area contributed by atoms with Crippen LogP contribution in [0.3, 0.4) is 0 Å². The summed E-state index contributed by atoms with van der Waals surface area (Å²) in [5.41, 5.74) is 0. The minimum Gasteiger partial charge on any atom is -0.386 e. The molecule has 0 bridgehead atoms. The lowest BCUT2D eigenvalue weighted by Crippen LogP contribution is -2.41. The molecule has 1 aliphatic rings. The highest BCUT2D eigenvalue weighted by Crippen LogP contribution is 2.16. The molecule has 0 aliphatic carbocycles. The number of aromatic nitrogens is 1. The van der Waals surface area contributed by atoms with Gasteiger partial charge in [-0.1, -0.05) is 0 Å². The van der Waals surface area contributed by atoms with Crippen LogP contribution in [0.15, 0.2) is 18.3 Å². The summed E-state index contributed by atoms with van der Waals surface area (Å²) in [6.07, 6.45) is 4.69. The predicted octanol–water partition coefficient (Wildman–Crippen LogP) is 0.458. The van der Waals surface area contributed by atoms with Gasteiger partial charge in [0.2, 0.25) is 5.91 Å². The number of anilines is 1. The van der Waals surface area contributed by atoms with Crippen molar-refractivity contribution in [2.75, 3.05) is 31.5 Å². The smallest absolute Gasteiger partial charge is 0.292 e. The Balaban J connectivity index is 1.63. The average molecular weight is 314 g/mol. The second-order valence-corrected chi connectivity index (χ2v) is 5.05. The highest BCUT2D eigenvalue weighted by Gasteiger charge is 2.27. The summed E-state index contributed by atoms with van der Waals surface area (Å²) in [6, 6.07) is 5.23. The summed E-state index contributed by atoms with van der Waals surface area (Å²) in [4.78, 5) is 17.7.